The van der Waals surface area contributed by atoms with E-state index in [0.717, 1.165) is 28.8 Å². The topological polar surface area (TPSA) is 84.9 Å². The van der Waals surface area contributed by atoms with Gasteiger partial charge in [-0.2, -0.15) is 0 Å². The number of hydrogen-bond acceptors (Lipinski definition) is 5. The maximum atomic E-state index is 13.8. The van der Waals surface area contributed by atoms with Crippen LogP contribution in [0, 0.1) is 11.6 Å². The van der Waals surface area contributed by atoms with Crippen LogP contribution in [0.5, 0.6) is 11.5 Å². The fourth-order valence-corrected chi connectivity index (χ4v) is 4.98. The molecule has 0 aliphatic carbocycles. The lowest BCUT2D eigenvalue weighted by atomic mass is 9.89. The molecule has 1 N–H and O–H groups in total. The number of anilines is 1. The summed E-state index contributed by atoms with van der Waals surface area (Å²) in [6.45, 7) is 5.15. The third kappa shape index (κ3) is 4.95. The highest BCUT2D eigenvalue weighted by Crippen LogP contribution is 2.41. The number of halogens is 2. The SMILES string of the molecule is COc1ccc2c(c1)C(NC(=O)C(C)N(c1ccc(F)c(F)c1)S(C)(=O)=O)CC(C)(C)O2. The summed E-state index contributed by atoms with van der Waals surface area (Å²) in [4.78, 5) is 13.1. The number of sulfonamides is 1. The molecule has 3 rings (SSSR count). The van der Waals surface area contributed by atoms with E-state index in [2.05, 4.69) is 5.32 Å². The minimum absolute atomic E-state index is 0.150. The first kappa shape index (κ1) is 23.8. The molecule has 174 valence electrons. The Morgan fingerprint density at radius 2 is 1.91 bits per heavy atom. The zero-order valence-corrected chi connectivity index (χ0v) is 19.3. The van der Waals surface area contributed by atoms with E-state index in [0.29, 0.717) is 23.5 Å². The summed E-state index contributed by atoms with van der Waals surface area (Å²) in [5.41, 5.74) is -0.0364. The second-order valence-corrected chi connectivity index (χ2v) is 10.2. The third-order valence-corrected chi connectivity index (χ3v) is 6.48. The molecule has 0 radical (unpaired) electrons. The Kier molecular flexibility index (Phi) is 6.37. The van der Waals surface area contributed by atoms with Gasteiger partial charge in [0.2, 0.25) is 15.9 Å². The molecule has 1 heterocycles. The summed E-state index contributed by atoms with van der Waals surface area (Å²) >= 11 is 0. The fourth-order valence-electron chi connectivity index (χ4n) is 3.81. The summed E-state index contributed by atoms with van der Waals surface area (Å²) in [5.74, 6) is -1.76. The molecule has 2 atom stereocenters. The minimum atomic E-state index is -3.99. The van der Waals surface area contributed by atoms with Gasteiger partial charge in [-0.3, -0.25) is 9.10 Å². The first-order valence-electron chi connectivity index (χ1n) is 9.94. The predicted octanol–water partition coefficient (Wildman–Crippen LogP) is 3.55. The lowest BCUT2D eigenvalue weighted by molar-refractivity contribution is -0.123. The fraction of sp³-hybridized carbons (Fsp3) is 0.409. The highest BCUT2D eigenvalue weighted by molar-refractivity contribution is 7.92. The molecule has 2 aromatic rings. The molecular formula is C22H26F2N2O5S. The Hall–Kier alpha value is -2.88. The van der Waals surface area contributed by atoms with Crippen LogP contribution in [0.2, 0.25) is 0 Å². The lowest BCUT2D eigenvalue weighted by Gasteiger charge is -2.39. The second kappa shape index (κ2) is 8.57. The summed E-state index contributed by atoms with van der Waals surface area (Å²) in [6.07, 6.45) is 1.32. The van der Waals surface area contributed by atoms with Gasteiger partial charge in [0.05, 0.1) is 25.1 Å². The molecule has 0 saturated carbocycles. The van der Waals surface area contributed by atoms with E-state index < -0.39 is 45.2 Å². The molecule has 1 aliphatic heterocycles. The maximum Gasteiger partial charge on any atom is 0.244 e. The van der Waals surface area contributed by atoms with Crippen molar-refractivity contribution in [3.05, 3.63) is 53.6 Å². The van der Waals surface area contributed by atoms with E-state index in [1.54, 1.807) is 18.2 Å². The van der Waals surface area contributed by atoms with Gasteiger partial charge in [-0.05, 0) is 51.1 Å². The Balaban J connectivity index is 1.93. The molecule has 1 aliphatic rings. The minimum Gasteiger partial charge on any atom is -0.497 e. The normalized spacial score (nSPS) is 18.2. The molecule has 2 unspecified atom stereocenters. The van der Waals surface area contributed by atoms with Crippen molar-refractivity contribution in [1.82, 2.24) is 5.32 Å². The summed E-state index contributed by atoms with van der Waals surface area (Å²) in [6, 6.07) is 6.22. The average molecular weight is 469 g/mol. The summed E-state index contributed by atoms with van der Waals surface area (Å²) in [5, 5.41) is 2.88. The number of hydrogen-bond donors (Lipinski definition) is 1. The molecule has 0 aromatic heterocycles. The van der Waals surface area contributed by atoms with Gasteiger partial charge in [-0.15, -0.1) is 0 Å². The maximum absolute atomic E-state index is 13.8. The van der Waals surface area contributed by atoms with Crippen LogP contribution in [0.25, 0.3) is 0 Å². The smallest absolute Gasteiger partial charge is 0.244 e. The molecule has 32 heavy (non-hydrogen) atoms. The first-order chi connectivity index (χ1) is 14.8. The van der Waals surface area contributed by atoms with Gasteiger partial charge >= 0.3 is 0 Å². The lowest BCUT2D eigenvalue weighted by Crippen LogP contribution is -2.50. The van der Waals surface area contributed by atoms with Crippen molar-refractivity contribution >= 4 is 21.6 Å². The zero-order chi connectivity index (χ0) is 23.8. The van der Waals surface area contributed by atoms with E-state index in [-0.39, 0.29) is 5.69 Å². The molecule has 1 amide bonds. The number of methoxy groups -OCH3 is 1. The van der Waals surface area contributed by atoms with Crippen molar-refractivity contribution in [2.75, 3.05) is 17.7 Å². The van der Waals surface area contributed by atoms with Crippen molar-refractivity contribution in [3.8, 4) is 11.5 Å². The number of benzene rings is 2. The molecule has 0 fully saturated rings. The quantitative estimate of drug-likeness (QED) is 0.701. The van der Waals surface area contributed by atoms with Gasteiger partial charge in [-0.25, -0.2) is 17.2 Å². The number of amides is 1. The van der Waals surface area contributed by atoms with E-state index in [9.17, 15) is 22.0 Å². The number of fused-ring (bicyclic) bond motifs is 1. The van der Waals surface area contributed by atoms with Crippen LogP contribution in [0.15, 0.2) is 36.4 Å². The molecule has 0 saturated heterocycles. The van der Waals surface area contributed by atoms with E-state index >= 15 is 0 Å². The Labute approximate surface area is 186 Å². The summed E-state index contributed by atoms with van der Waals surface area (Å²) in [7, 11) is -2.46. The zero-order valence-electron chi connectivity index (χ0n) is 18.5. The van der Waals surface area contributed by atoms with Crippen molar-refractivity contribution < 1.29 is 31.5 Å². The van der Waals surface area contributed by atoms with Crippen LogP contribution >= 0.6 is 0 Å². The van der Waals surface area contributed by atoms with Crippen LogP contribution in [-0.2, 0) is 14.8 Å². The third-order valence-electron chi connectivity index (χ3n) is 5.24. The van der Waals surface area contributed by atoms with E-state index in [4.69, 9.17) is 9.47 Å². The molecule has 0 bridgehead atoms. The number of nitrogens with one attached hydrogen (secondary N) is 1. The van der Waals surface area contributed by atoms with Gasteiger partial charge in [0, 0.05) is 18.1 Å². The van der Waals surface area contributed by atoms with Crippen LogP contribution in [-0.4, -0.2) is 39.3 Å². The number of ether oxygens (including phenoxy) is 2. The number of rotatable bonds is 6. The van der Waals surface area contributed by atoms with Crippen molar-refractivity contribution in [2.45, 2.75) is 44.9 Å². The molecule has 2 aromatic carbocycles. The van der Waals surface area contributed by atoms with Crippen molar-refractivity contribution in [2.24, 2.45) is 0 Å². The van der Waals surface area contributed by atoms with Gasteiger partial charge in [0.25, 0.3) is 0 Å². The van der Waals surface area contributed by atoms with Gasteiger partial charge in [0.1, 0.15) is 23.1 Å². The van der Waals surface area contributed by atoms with Crippen molar-refractivity contribution in [3.63, 3.8) is 0 Å². The van der Waals surface area contributed by atoms with Gasteiger partial charge in [-0.1, -0.05) is 0 Å². The number of carbonyl (C=O) groups excluding carboxylic acids is 1. The number of nitrogens with zero attached hydrogens (tertiary/aromatic N) is 1. The highest BCUT2D eigenvalue weighted by atomic mass is 32.2. The molecular weight excluding hydrogens is 442 g/mol. The molecule has 7 nitrogen and oxygen atoms in total. The number of carbonyl (C=O) groups is 1. The Morgan fingerprint density at radius 3 is 2.50 bits per heavy atom. The first-order valence-corrected chi connectivity index (χ1v) is 11.8. The van der Waals surface area contributed by atoms with Crippen LogP contribution in [0.1, 0.15) is 38.8 Å². The van der Waals surface area contributed by atoms with E-state index in [1.807, 2.05) is 13.8 Å². The second-order valence-electron chi connectivity index (χ2n) is 8.36. The predicted molar refractivity (Wildman–Crippen MR) is 116 cm³/mol. The van der Waals surface area contributed by atoms with Gasteiger partial charge < -0.3 is 14.8 Å². The molecule has 10 heteroatoms. The highest BCUT2D eigenvalue weighted by Gasteiger charge is 2.37. The standard InChI is InChI=1S/C22H26F2N2O5S/c1-13(26(32(5,28)29)14-6-8-17(23)18(24)10-14)21(27)25-19-12-22(2,3)31-20-9-7-15(30-4)11-16(19)20/h6-11,13,19H,12H2,1-5H3,(H,25,27). The molecule has 0 spiro atoms. The van der Waals surface area contributed by atoms with Crippen molar-refractivity contribution in [1.29, 1.82) is 0 Å². The van der Waals surface area contributed by atoms with Gasteiger partial charge in [0.15, 0.2) is 11.6 Å². The van der Waals surface area contributed by atoms with Crippen LogP contribution < -0.4 is 19.1 Å². The monoisotopic (exact) mass is 468 g/mol. The Bertz CT molecular complexity index is 1140. The largest absolute Gasteiger partial charge is 0.497 e. The van der Waals surface area contributed by atoms with Crippen LogP contribution in [0.3, 0.4) is 0 Å². The Morgan fingerprint density at radius 1 is 1.22 bits per heavy atom. The average Bonchev–Trinajstić information content (AvgIpc) is 2.68. The van der Waals surface area contributed by atoms with E-state index in [1.165, 1.54) is 14.0 Å². The summed E-state index contributed by atoms with van der Waals surface area (Å²) < 4.78 is 64.0. The van der Waals surface area contributed by atoms with Crippen LogP contribution in [0.4, 0.5) is 14.5 Å².